The van der Waals surface area contributed by atoms with Crippen LogP contribution >= 0.6 is 0 Å². The van der Waals surface area contributed by atoms with E-state index in [9.17, 15) is 4.79 Å². The molecular weight excluding hydrogens is 252 g/mol. The number of hydrogen-bond acceptors (Lipinski definition) is 3. The standard InChI is InChI=1S/C16H30N2O2/c1-6-7-8-13(2)17-14-9-11-18(12-10-14)15(19)20-16(3,4)5/h6,13-14,17H,1,7-12H2,2-5H3. The van der Waals surface area contributed by atoms with Crippen molar-refractivity contribution in [3.8, 4) is 0 Å². The zero-order valence-corrected chi connectivity index (χ0v) is 13.4. The Balaban J connectivity index is 2.29. The monoisotopic (exact) mass is 282 g/mol. The Kier molecular flexibility index (Phi) is 6.53. The first-order valence-corrected chi connectivity index (χ1v) is 7.66. The first-order chi connectivity index (χ1) is 9.31. The van der Waals surface area contributed by atoms with Crippen molar-refractivity contribution >= 4 is 6.09 Å². The number of amides is 1. The molecule has 0 aromatic carbocycles. The predicted molar refractivity (Wildman–Crippen MR) is 82.9 cm³/mol. The highest BCUT2D eigenvalue weighted by atomic mass is 16.6. The smallest absolute Gasteiger partial charge is 0.410 e. The van der Waals surface area contributed by atoms with Crippen LogP contribution in [-0.2, 0) is 4.74 Å². The van der Waals surface area contributed by atoms with Crippen molar-refractivity contribution in [3.05, 3.63) is 12.7 Å². The van der Waals surface area contributed by atoms with Crippen molar-refractivity contribution in [2.45, 2.75) is 71.1 Å². The highest BCUT2D eigenvalue weighted by Gasteiger charge is 2.27. The topological polar surface area (TPSA) is 41.6 Å². The lowest BCUT2D eigenvalue weighted by Crippen LogP contribution is -2.48. The third kappa shape index (κ3) is 6.42. The lowest BCUT2D eigenvalue weighted by atomic mass is 10.0. The summed E-state index contributed by atoms with van der Waals surface area (Å²) in [5.74, 6) is 0. The van der Waals surface area contributed by atoms with E-state index in [0.29, 0.717) is 12.1 Å². The molecule has 1 fully saturated rings. The maximum Gasteiger partial charge on any atom is 0.410 e. The SMILES string of the molecule is C=CCCC(C)NC1CCN(C(=O)OC(C)(C)C)CC1. The number of rotatable bonds is 5. The molecule has 0 aliphatic carbocycles. The van der Waals surface area contributed by atoms with Crippen molar-refractivity contribution in [1.29, 1.82) is 0 Å². The average molecular weight is 282 g/mol. The maximum absolute atomic E-state index is 12.0. The van der Waals surface area contributed by atoms with Crippen LogP contribution in [0.2, 0.25) is 0 Å². The van der Waals surface area contributed by atoms with Gasteiger partial charge in [0.2, 0.25) is 0 Å². The zero-order chi connectivity index (χ0) is 15.2. The van der Waals surface area contributed by atoms with Gasteiger partial charge in [0.05, 0.1) is 0 Å². The molecule has 0 saturated carbocycles. The van der Waals surface area contributed by atoms with Crippen molar-refractivity contribution in [1.82, 2.24) is 10.2 Å². The predicted octanol–water partition coefficient (Wildman–Crippen LogP) is 3.33. The maximum atomic E-state index is 12.0. The molecule has 4 nitrogen and oxygen atoms in total. The minimum absolute atomic E-state index is 0.185. The fourth-order valence-corrected chi connectivity index (χ4v) is 2.41. The van der Waals surface area contributed by atoms with E-state index in [1.807, 2.05) is 31.7 Å². The van der Waals surface area contributed by atoms with Crippen molar-refractivity contribution in [2.24, 2.45) is 0 Å². The minimum atomic E-state index is -0.411. The molecule has 0 bridgehead atoms. The first-order valence-electron chi connectivity index (χ1n) is 7.66. The molecule has 0 spiro atoms. The number of hydrogen-bond donors (Lipinski definition) is 1. The van der Waals surface area contributed by atoms with Crippen LogP contribution in [0.3, 0.4) is 0 Å². The second-order valence-electron chi connectivity index (χ2n) is 6.68. The number of piperidine rings is 1. The van der Waals surface area contributed by atoms with E-state index in [2.05, 4.69) is 18.8 Å². The van der Waals surface area contributed by atoms with E-state index in [-0.39, 0.29) is 6.09 Å². The van der Waals surface area contributed by atoms with Gasteiger partial charge in [0.1, 0.15) is 5.60 Å². The molecule has 1 N–H and O–H groups in total. The normalized spacial score (nSPS) is 18.7. The molecule has 1 atom stereocenters. The molecule has 0 aromatic heterocycles. The molecule has 0 radical (unpaired) electrons. The van der Waals surface area contributed by atoms with Gasteiger partial charge in [0.15, 0.2) is 0 Å². The number of ether oxygens (including phenoxy) is 1. The van der Waals surface area contributed by atoms with Crippen LogP contribution in [0.5, 0.6) is 0 Å². The molecule has 1 unspecified atom stereocenters. The molecule has 1 aliphatic heterocycles. The van der Waals surface area contributed by atoms with Crippen LogP contribution in [-0.4, -0.2) is 41.8 Å². The number of nitrogens with one attached hydrogen (secondary N) is 1. The number of likely N-dealkylation sites (tertiary alicyclic amines) is 1. The highest BCUT2D eigenvalue weighted by molar-refractivity contribution is 5.68. The third-order valence-electron chi connectivity index (χ3n) is 3.47. The molecule has 4 heteroatoms. The summed E-state index contributed by atoms with van der Waals surface area (Å²) in [4.78, 5) is 13.8. The van der Waals surface area contributed by atoms with Gasteiger partial charge in [-0.1, -0.05) is 6.08 Å². The molecule has 20 heavy (non-hydrogen) atoms. The number of nitrogens with zero attached hydrogens (tertiary/aromatic N) is 1. The summed E-state index contributed by atoms with van der Waals surface area (Å²) in [6.07, 6.45) is 5.94. The summed E-state index contributed by atoms with van der Waals surface area (Å²) >= 11 is 0. The Bertz CT molecular complexity index is 315. The van der Waals surface area contributed by atoms with Crippen LogP contribution < -0.4 is 5.32 Å². The number of carbonyl (C=O) groups is 1. The lowest BCUT2D eigenvalue weighted by Gasteiger charge is -2.34. The Labute approximate surface area is 123 Å². The summed E-state index contributed by atoms with van der Waals surface area (Å²) in [5.41, 5.74) is -0.411. The van der Waals surface area contributed by atoms with Crippen LogP contribution in [0.25, 0.3) is 0 Å². The van der Waals surface area contributed by atoms with Crippen LogP contribution in [0.15, 0.2) is 12.7 Å². The molecule has 1 rings (SSSR count). The van der Waals surface area contributed by atoms with Gasteiger partial charge >= 0.3 is 6.09 Å². The zero-order valence-electron chi connectivity index (χ0n) is 13.4. The van der Waals surface area contributed by atoms with E-state index in [4.69, 9.17) is 4.74 Å². The molecule has 1 aliphatic rings. The van der Waals surface area contributed by atoms with Crippen molar-refractivity contribution in [2.75, 3.05) is 13.1 Å². The molecule has 1 heterocycles. The Morgan fingerprint density at radius 3 is 2.55 bits per heavy atom. The van der Waals surface area contributed by atoms with E-state index in [1.165, 1.54) is 0 Å². The van der Waals surface area contributed by atoms with Crippen molar-refractivity contribution in [3.63, 3.8) is 0 Å². The van der Waals surface area contributed by atoms with E-state index in [0.717, 1.165) is 38.8 Å². The summed E-state index contributed by atoms with van der Waals surface area (Å²) < 4.78 is 5.40. The second-order valence-corrected chi connectivity index (χ2v) is 6.68. The fourth-order valence-electron chi connectivity index (χ4n) is 2.41. The average Bonchev–Trinajstić information content (AvgIpc) is 2.35. The Morgan fingerprint density at radius 1 is 1.45 bits per heavy atom. The van der Waals surface area contributed by atoms with Gasteiger partial charge in [0.25, 0.3) is 0 Å². The van der Waals surface area contributed by atoms with Crippen LogP contribution in [0.1, 0.15) is 53.4 Å². The van der Waals surface area contributed by atoms with Crippen molar-refractivity contribution < 1.29 is 9.53 Å². The summed E-state index contributed by atoms with van der Waals surface area (Å²) in [7, 11) is 0. The van der Waals surface area contributed by atoms with Gasteiger partial charge in [-0.25, -0.2) is 4.79 Å². The van der Waals surface area contributed by atoms with Gasteiger partial charge < -0.3 is 15.0 Å². The van der Waals surface area contributed by atoms with Crippen LogP contribution in [0.4, 0.5) is 4.79 Å². The Hall–Kier alpha value is -1.03. The summed E-state index contributed by atoms with van der Waals surface area (Å²) in [6, 6.07) is 1.01. The third-order valence-corrected chi connectivity index (χ3v) is 3.47. The van der Waals surface area contributed by atoms with E-state index in [1.54, 1.807) is 0 Å². The molecule has 1 amide bonds. The quantitative estimate of drug-likeness (QED) is 0.786. The largest absolute Gasteiger partial charge is 0.444 e. The highest BCUT2D eigenvalue weighted by Crippen LogP contribution is 2.16. The second kappa shape index (κ2) is 7.67. The van der Waals surface area contributed by atoms with Gasteiger partial charge in [-0.05, 0) is 53.4 Å². The molecule has 0 aromatic rings. The molecule has 1 saturated heterocycles. The van der Waals surface area contributed by atoms with Gasteiger partial charge in [-0.15, -0.1) is 6.58 Å². The minimum Gasteiger partial charge on any atom is -0.444 e. The fraction of sp³-hybridized carbons (Fsp3) is 0.812. The number of allylic oxidation sites excluding steroid dienone is 1. The van der Waals surface area contributed by atoms with Gasteiger partial charge in [0, 0.05) is 25.2 Å². The summed E-state index contributed by atoms with van der Waals surface area (Å²) in [5, 5.41) is 3.63. The molecule has 116 valence electrons. The van der Waals surface area contributed by atoms with Gasteiger partial charge in [-0.3, -0.25) is 0 Å². The van der Waals surface area contributed by atoms with Crippen LogP contribution in [0, 0.1) is 0 Å². The summed E-state index contributed by atoms with van der Waals surface area (Å²) in [6.45, 7) is 13.2. The van der Waals surface area contributed by atoms with E-state index >= 15 is 0 Å². The molecular formula is C16H30N2O2. The van der Waals surface area contributed by atoms with E-state index < -0.39 is 5.60 Å². The Morgan fingerprint density at radius 2 is 2.05 bits per heavy atom. The number of carbonyl (C=O) groups excluding carboxylic acids is 1. The lowest BCUT2D eigenvalue weighted by molar-refractivity contribution is 0.0196. The first kappa shape index (κ1) is 17.0. The van der Waals surface area contributed by atoms with Gasteiger partial charge in [-0.2, -0.15) is 0 Å².